The fourth-order valence-electron chi connectivity index (χ4n) is 4.82. The van der Waals surface area contributed by atoms with Crippen molar-refractivity contribution >= 4 is 23.8 Å². The quantitative estimate of drug-likeness (QED) is 0.499. The number of urea groups is 1. The number of unbranched alkanes of at least 4 members (excludes halogenated alkanes) is 1. The Hall–Kier alpha value is -3.10. The molecule has 198 valence electrons. The van der Waals surface area contributed by atoms with Crippen LogP contribution in [0, 0.1) is 5.41 Å². The molecule has 2 saturated heterocycles. The fraction of sp³-hybridized carbons (Fsp3) is 0.630. The molecule has 0 aliphatic carbocycles. The zero-order valence-corrected chi connectivity index (χ0v) is 21.9. The molecule has 2 fully saturated rings. The topological polar surface area (TPSA) is 108 Å². The van der Waals surface area contributed by atoms with E-state index in [2.05, 4.69) is 10.6 Å². The Morgan fingerprint density at radius 1 is 1.08 bits per heavy atom. The second-order valence-electron chi connectivity index (χ2n) is 10.6. The van der Waals surface area contributed by atoms with Crippen LogP contribution in [0.2, 0.25) is 0 Å². The summed E-state index contributed by atoms with van der Waals surface area (Å²) >= 11 is 0. The molecule has 2 N–H and O–H groups in total. The highest BCUT2D eigenvalue weighted by atomic mass is 16.6. The summed E-state index contributed by atoms with van der Waals surface area (Å²) in [4.78, 5) is 55.0. The van der Waals surface area contributed by atoms with E-state index in [1.165, 1.54) is 0 Å². The van der Waals surface area contributed by atoms with Crippen LogP contribution < -0.4 is 10.6 Å². The van der Waals surface area contributed by atoms with Gasteiger partial charge in [-0.25, -0.2) is 9.59 Å². The number of hydrogen-bond acceptors (Lipinski definition) is 5. The largest absolute Gasteiger partial charge is 0.425 e. The predicted molar refractivity (Wildman–Crippen MR) is 136 cm³/mol. The molecular formula is C27H40N4O5. The normalized spacial score (nSPS) is 20.5. The van der Waals surface area contributed by atoms with E-state index in [-0.39, 0.29) is 17.5 Å². The number of alkyl carbamates (subject to hydrolysis) is 1. The van der Waals surface area contributed by atoms with Crippen LogP contribution in [0.1, 0.15) is 77.8 Å². The zero-order chi connectivity index (χ0) is 26.3. The number of likely N-dealkylation sites (tertiary alicyclic amines) is 2. The van der Waals surface area contributed by atoms with Crippen LogP contribution in [0.3, 0.4) is 0 Å². The molecule has 0 bridgehead atoms. The van der Waals surface area contributed by atoms with Crippen molar-refractivity contribution in [3.05, 3.63) is 35.9 Å². The number of rotatable bonds is 9. The van der Waals surface area contributed by atoms with Gasteiger partial charge in [0, 0.05) is 26.1 Å². The maximum absolute atomic E-state index is 13.0. The van der Waals surface area contributed by atoms with Gasteiger partial charge in [0.1, 0.15) is 6.04 Å². The second-order valence-corrected chi connectivity index (χ2v) is 10.6. The molecule has 4 amide bonds. The SMILES string of the molecule is CCCC[C@H](NC(=O)OC1CC(C)(C)CN1C(=O)N1CCCC1)C(=O)C(=O)N[C@H](C)c1ccccc1. The molecule has 1 aromatic rings. The van der Waals surface area contributed by atoms with E-state index >= 15 is 0 Å². The predicted octanol–water partition coefficient (Wildman–Crippen LogP) is 3.99. The molecule has 2 aliphatic rings. The molecule has 2 heterocycles. The number of ketones is 1. The molecule has 1 unspecified atom stereocenters. The van der Waals surface area contributed by atoms with Gasteiger partial charge in [-0.05, 0) is 37.2 Å². The number of nitrogens with one attached hydrogen (secondary N) is 2. The summed E-state index contributed by atoms with van der Waals surface area (Å²) in [5.74, 6) is -1.46. The van der Waals surface area contributed by atoms with Crippen LogP contribution in [0.5, 0.6) is 0 Å². The smallest absolute Gasteiger partial charge is 0.409 e. The average Bonchev–Trinajstić information content (AvgIpc) is 3.49. The van der Waals surface area contributed by atoms with Gasteiger partial charge in [0.05, 0.1) is 6.04 Å². The minimum Gasteiger partial charge on any atom is -0.425 e. The Bertz CT molecular complexity index is 929. The maximum atomic E-state index is 13.0. The lowest BCUT2D eigenvalue weighted by molar-refractivity contribution is -0.139. The van der Waals surface area contributed by atoms with E-state index in [9.17, 15) is 19.2 Å². The molecule has 0 saturated carbocycles. The molecule has 9 nitrogen and oxygen atoms in total. The zero-order valence-electron chi connectivity index (χ0n) is 21.9. The van der Waals surface area contributed by atoms with Gasteiger partial charge in [0.2, 0.25) is 5.78 Å². The first-order valence-electron chi connectivity index (χ1n) is 13.0. The third-order valence-electron chi connectivity index (χ3n) is 6.86. The minimum absolute atomic E-state index is 0.122. The molecule has 0 radical (unpaired) electrons. The van der Waals surface area contributed by atoms with Crippen molar-refractivity contribution in [1.29, 1.82) is 0 Å². The van der Waals surface area contributed by atoms with Crippen molar-refractivity contribution in [2.75, 3.05) is 19.6 Å². The molecule has 1 aromatic carbocycles. The van der Waals surface area contributed by atoms with Crippen LogP contribution in [0.25, 0.3) is 0 Å². The number of ether oxygens (including phenoxy) is 1. The van der Waals surface area contributed by atoms with Crippen molar-refractivity contribution in [1.82, 2.24) is 20.4 Å². The molecule has 0 aromatic heterocycles. The number of amides is 4. The standard InChI is InChI=1S/C27H40N4O5/c1-5-6-14-21(23(32)24(33)28-19(2)20-12-8-7-9-13-20)29-25(34)36-22-17-27(3,4)18-31(22)26(35)30-15-10-11-16-30/h7-9,12-13,19,21-22H,5-6,10-11,14-18H2,1-4H3,(H,28,33)(H,29,34)/t19-,21+,22?/m1/s1. The molecule has 2 aliphatic heterocycles. The van der Waals surface area contributed by atoms with Gasteiger partial charge < -0.3 is 20.3 Å². The minimum atomic E-state index is -1.00. The summed E-state index contributed by atoms with van der Waals surface area (Å²) in [6, 6.07) is 7.88. The lowest BCUT2D eigenvalue weighted by Crippen LogP contribution is -2.50. The van der Waals surface area contributed by atoms with Gasteiger partial charge in [0.15, 0.2) is 6.23 Å². The summed E-state index contributed by atoms with van der Waals surface area (Å²) in [6.45, 7) is 9.74. The van der Waals surface area contributed by atoms with Gasteiger partial charge in [-0.2, -0.15) is 0 Å². The highest BCUT2D eigenvalue weighted by Crippen LogP contribution is 2.35. The lowest BCUT2D eigenvalue weighted by atomic mass is 9.93. The summed E-state index contributed by atoms with van der Waals surface area (Å²) in [6.07, 6.45) is 2.72. The highest BCUT2D eigenvalue weighted by molar-refractivity contribution is 6.38. The van der Waals surface area contributed by atoms with E-state index in [1.54, 1.807) is 16.7 Å². The van der Waals surface area contributed by atoms with Gasteiger partial charge in [0.25, 0.3) is 5.91 Å². The van der Waals surface area contributed by atoms with E-state index < -0.39 is 30.1 Å². The van der Waals surface area contributed by atoms with Crippen molar-refractivity contribution in [2.24, 2.45) is 5.41 Å². The maximum Gasteiger partial charge on any atom is 0.409 e. The third kappa shape index (κ3) is 7.21. The van der Waals surface area contributed by atoms with Crippen molar-refractivity contribution < 1.29 is 23.9 Å². The van der Waals surface area contributed by atoms with E-state index in [4.69, 9.17) is 4.74 Å². The van der Waals surface area contributed by atoms with Gasteiger partial charge in [-0.1, -0.05) is 63.9 Å². The number of Topliss-reactive ketones (excluding diaryl/α,β-unsaturated/α-hetero) is 1. The van der Waals surface area contributed by atoms with Crippen LogP contribution in [-0.4, -0.2) is 65.5 Å². The molecule has 36 heavy (non-hydrogen) atoms. The highest BCUT2D eigenvalue weighted by Gasteiger charge is 2.44. The molecule has 3 atom stereocenters. The van der Waals surface area contributed by atoms with Crippen LogP contribution in [0.4, 0.5) is 9.59 Å². The van der Waals surface area contributed by atoms with Gasteiger partial charge in [-0.15, -0.1) is 0 Å². The second kappa shape index (κ2) is 12.2. The van der Waals surface area contributed by atoms with Crippen molar-refractivity contribution in [3.8, 4) is 0 Å². The first-order chi connectivity index (χ1) is 17.1. The van der Waals surface area contributed by atoms with E-state index in [0.717, 1.165) is 24.8 Å². The van der Waals surface area contributed by atoms with E-state index in [0.29, 0.717) is 38.9 Å². The Morgan fingerprint density at radius 2 is 1.75 bits per heavy atom. The summed E-state index contributed by atoms with van der Waals surface area (Å²) in [5, 5.41) is 5.33. The van der Waals surface area contributed by atoms with E-state index in [1.807, 2.05) is 51.1 Å². The number of carbonyl (C=O) groups is 4. The van der Waals surface area contributed by atoms with Crippen LogP contribution >= 0.6 is 0 Å². The summed E-state index contributed by atoms with van der Waals surface area (Å²) < 4.78 is 5.68. The number of nitrogens with zero attached hydrogens (tertiary/aromatic N) is 2. The van der Waals surface area contributed by atoms with Gasteiger partial charge >= 0.3 is 12.1 Å². The van der Waals surface area contributed by atoms with Crippen LogP contribution in [0.15, 0.2) is 30.3 Å². The summed E-state index contributed by atoms with van der Waals surface area (Å²) in [7, 11) is 0. The molecule has 3 rings (SSSR count). The Morgan fingerprint density at radius 3 is 2.39 bits per heavy atom. The third-order valence-corrected chi connectivity index (χ3v) is 6.86. The number of carbonyl (C=O) groups excluding carboxylic acids is 4. The molecular weight excluding hydrogens is 460 g/mol. The molecule has 9 heteroatoms. The van der Waals surface area contributed by atoms with Crippen molar-refractivity contribution in [3.63, 3.8) is 0 Å². The number of benzene rings is 1. The van der Waals surface area contributed by atoms with Crippen LogP contribution in [-0.2, 0) is 14.3 Å². The van der Waals surface area contributed by atoms with Crippen molar-refractivity contribution in [2.45, 2.75) is 84.5 Å². The average molecular weight is 501 g/mol. The monoisotopic (exact) mass is 500 g/mol. The Balaban J connectivity index is 1.63. The first-order valence-corrected chi connectivity index (χ1v) is 13.0. The molecule has 0 spiro atoms. The fourth-order valence-corrected chi connectivity index (χ4v) is 4.82. The first kappa shape index (κ1) is 27.5. The Labute approximate surface area is 213 Å². The number of hydrogen-bond donors (Lipinski definition) is 2. The lowest BCUT2D eigenvalue weighted by Gasteiger charge is -2.29. The summed E-state index contributed by atoms with van der Waals surface area (Å²) in [5.41, 5.74) is 0.674. The Kier molecular flexibility index (Phi) is 9.34. The van der Waals surface area contributed by atoms with Gasteiger partial charge in [-0.3, -0.25) is 14.5 Å².